The predicted octanol–water partition coefficient (Wildman–Crippen LogP) is 2.97. The molecule has 1 aliphatic rings. The maximum atomic E-state index is 12.9. The summed E-state index contributed by atoms with van der Waals surface area (Å²) in [6, 6.07) is 7.95. The van der Waals surface area contributed by atoms with Crippen molar-refractivity contribution in [3.63, 3.8) is 0 Å². The van der Waals surface area contributed by atoms with Crippen LogP contribution < -0.4 is 10.1 Å². The first-order valence-corrected chi connectivity index (χ1v) is 8.40. The van der Waals surface area contributed by atoms with Crippen LogP contribution in [0.15, 0.2) is 29.2 Å². The van der Waals surface area contributed by atoms with Crippen LogP contribution >= 0.6 is 0 Å². The number of ether oxygens (including phenoxy) is 1. The molecule has 1 N–H and O–H groups in total. The Labute approximate surface area is 124 Å². The van der Waals surface area contributed by atoms with Crippen LogP contribution in [-0.2, 0) is 10.8 Å². The summed E-state index contributed by atoms with van der Waals surface area (Å²) in [5.74, 6) is 0.805. The van der Waals surface area contributed by atoms with E-state index >= 15 is 0 Å². The second kappa shape index (κ2) is 6.27. The van der Waals surface area contributed by atoms with Gasteiger partial charge in [-0.1, -0.05) is 13.8 Å². The van der Waals surface area contributed by atoms with Crippen LogP contribution in [-0.4, -0.2) is 29.7 Å². The molecule has 0 heterocycles. The minimum absolute atomic E-state index is 0.178. The highest BCUT2D eigenvalue weighted by Gasteiger charge is 2.37. The van der Waals surface area contributed by atoms with Gasteiger partial charge in [-0.25, -0.2) is 0 Å². The smallest absolute Gasteiger partial charge is 0.118 e. The van der Waals surface area contributed by atoms with Crippen molar-refractivity contribution in [1.29, 1.82) is 0 Å². The van der Waals surface area contributed by atoms with Gasteiger partial charge in [-0.05, 0) is 56.0 Å². The second-order valence-corrected chi connectivity index (χ2v) is 7.99. The fourth-order valence-electron chi connectivity index (χ4n) is 2.96. The standard InChI is InChI=1S/C16H25NO2S/c1-16(2)10-9-14(17-3)15(11-16)20(18)13-7-5-12(19-4)6-8-13/h5-8,14-15,17H,9-11H2,1-4H3. The summed E-state index contributed by atoms with van der Waals surface area (Å²) in [4.78, 5) is 0.897. The number of methoxy groups -OCH3 is 1. The summed E-state index contributed by atoms with van der Waals surface area (Å²) in [5, 5.41) is 3.53. The molecule has 0 bridgehead atoms. The fraction of sp³-hybridized carbons (Fsp3) is 0.625. The van der Waals surface area contributed by atoms with Gasteiger partial charge in [-0.15, -0.1) is 0 Å². The molecule has 0 amide bonds. The largest absolute Gasteiger partial charge is 0.497 e. The molecule has 3 unspecified atom stereocenters. The Morgan fingerprint density at radius 3 is 2.50 bits per heavy atom. The number of hydrogen-bond donors (Lipinski definition) is 1. The molecule has 112 valence electrons. The Bertz CT molecular complexity index is 470. The second-order valence-electron chi connectivity index (χ2n) is 6.31. The Balaban J connectivity index is 2.19. The van der Waals surface area contributed by atoms with Crippen LogP contribution in [0.25, 0.3) is 0 Å². The molecule has 3 nitrogen and oxygen atoms in total. The van der Waals surface area contributed by atoms with Gasteiger partial charge in [0, 0.05) is 10.9 Å². The Morgan fingerprint density at radius 1 is 1.30 bits per heavy atom. The quantitative estimate of drug-likeness (QED) is 0.928. The summed E-state index contributed by atoms with van der Waals surface area (Å²) in [5.41, 5.74) is 0.278. The van der Waals surface area contributed by atoms with Crippen LogP contribution in [0.3, 0.4) is 0 Å². The lowest BCUT2D eigenvalue weighted by molar-refractivity contribution is 0.216. The van der Waals surface area contributed by atoms with E-state index in [9.17, 15) is 4.21 Å². The van der Waals surface area contributed by atoms with Gasteiger partial charge in [0.15, 0.2) is 0 Å². The lowest BCUT2D eigenvalue weighted by atomic mass is 9.75. The summed E-state index contributed by atoms with van der Waals surface area (Å²) in [6.07, 6.45) is 3.28. The van der Waals surface area contributed by atoms with Crippen LogP contribution in [0, 0.1) is 5.41 Å². The molecule has 20 heavy (non-hydrogen) atoms. The highest BCUT2D eigenvalue weighted by atomic mass is 32.2. The zero-order chi connectivity index (χ0) is 14.8. The molecule has 1 saturated carbocycles. The number of rotatable bonds is 4. The van der Waals surface area contributed by atoms with E-state index in [0.717, 1.165) is 23.5 Å². The van der Waals surface area contributed by atoms with Crippen molar-refractivity contribution in [3.8, 4) is 5.75 Å². The molecule has 0 radical (unpaired) electrons. The highest BCUT2D eigenvalue weighted by Crippen LogP contribution is 2.38. The number of benzene rings is 1. The maximum absolute atomic E-state index is 12.9. The molecule has 0 aliphatic heterocycles. The molecule has 2 rings (SSSR count). The molecule has 0 spiro atoms. The van der Waals surface area contributed by atoms with Crippen molar-refractivity contribution in [3.05, 3.63) is 24.3 Å². The van der Waals surface area contributed by atoms with Crippen LogP contribution in [0.4, 0.5) is 0 Å². The normalized spacial score (nSPS) is 27.0. The molecule has 0 aromatic heterocycles. The van der Waals surface area contributed by atoms with E-state index in [1.807, 2.05) is 31.3 Å². The van der Waals surface area contributed by atoms with Gasteiger partial charge in [0.2, 0.25) is 0 Å². The molecular formula is C16H25NO2S. The first-order chi connectivity index (χ1) is 9.46. The van der Waals surface area contributed by atoms with Gasteiger partial charge in [-0.2, -0.15) is 0 Å². The average molecular weight is 295 g/mol. The van der Waals surface area contributed by atoms with Gasteiger partial charge in [-0.3, -0.25) is 4.21 Å². The lowest BCUT2D eigenvalue weighted by Gasteiger charge is -2.40. The molecule has 1 fully saturated rings. The van der Waals surface area contributed by atoms with Crippen molar-refractivity contribution >= 4 is 10.8 Å². The molecule has 1 aromatic carbocycles. The summed E-state index contributed by atoms with van der Waals surface area (Å²) < 4.78 is 18.0. The van der Waals surface area contributed by atoms with Crippen molar-refractivity contribution in [2.24, 2.45) is 5.41 Å². The van der Waals surface area contributed by atoms with Crippen molar-refractivity contribution < 1.29 is 8.95 Å². The molecule has 1 aromatic rings. The van der Waals surface area contributed by atoms with Crippen molar-refractivity contribution in [1.82, 2.24) is 5.32 Å². The Kier molecular flexibility index (Phi) is 4.86. The number of hydrogen-bond acceptors (Lipinski definition) is 3. The van der Waals surface area contributed by atoms with Crippen LogP contribution in [0.2, 0.25) is 0 Å². The van der Waals surface area contributed by atoms with E-state index < -0.39 is 10.8 Å². The van der Waals surface area contributed by atoms with Gasteiger partial charge in [0.05, 0.1) is 23.2 Å². The third kappa shape index (κ3) is 3.41. The highest BCUT2D eigenvalue weighted by molar-refractivity contribution is 7.85. The maximum Gasteiger partial charge on any atom is 0.118 e. The zero-order valence-corrected chi connectivity index (χ0v) is 13.6. The van der Waals surface area contributed by atoms with E-state index in [4.69, 9.17) is 4.74 Å². The average Bonchev–Trinajstić information content (AvgIpc) is 2.46. The summed E-state index contributed by atoms with van der Waals surface area (Å²) in [6.45, 7) is 4.55. The van der Waals surface area contributed by atoms with E-state index in [-0.39, 0.29) is 10.7 Å². The van der Waals surface area contributed by atoms with E-state index in [1.165, 1.54) is 6.42 Å². The van der Waals surface area contributed by atoms with Gasteiger partial charge in [0.25, 0.3) is 0 Å². The van der Waals surface area contributed by atoms with E-state index in [0.29, 0.717) is 6.04 Å². The van der Waals surface area contributed by atoms with Gasteiger partial charge >= 0.3 is 0 Å². The fourth-order valence-corrected chi connectivity index (χ4v) is 4.89. The van der Waals surface area contributed by atoms with Crippen LogP contribution in [0.5, 0.6) is 5.75 Å². The molecular weight excluding hydrogens is 270 g/mol. The SMILES string of the molecule is CNC1CCC(C)(C)CC1S(=O)c1ccc(OC)cc1. The first-order valence-electron chi connectivity index (χ1n) is 7.19. The minimum atomic E-state index is -0.975. The summed E-state index contributed by atoms with van der Waals surface area (Å²) >= 11 is 0. The van der Waals surface area contributed by atoms with Crippen LogP contribution in [0.1, 0.15) is 33.1 Å². The van der Waals surface area contributed by atoms with Crippen molar-refractivity contribution in [2.75, 3.05) is 14.2 Å². The predicted molar refractivity (Wildman–Crippen MR) is 83.7 cm³/mol. The van der Waals surface area contributed by atoms with Gasteiger partial charge < -0.3 is 10.1 Å². The van der Waals surface area contributed by atoms with E-state index in [2.05, 4.69) is 19.2 Å². The van der Waals surface area contributed by atoms with Crippen molar-refractivity contribution in [2.45, 2.75) is 49.3 Å². The number of nitrogens with one attached hydrogen (secondary N) is 1. The third-order valence-corrected chi connectivity index (χ3v) is 6.05. The first kappa shape index (κ1) is 15.5. The summed E-state index contributed by atoms with van der Waals surface area (Å²) in [7, 11) is 2.64. The topological polar surface area (TPSA) is 38.3 Å². The molecule has 0 saturated heterocycles. The monoisotopic (exact) mass is 295 g/mol. The Hall–Kier alpha value is -0.870. The molecule has 4 heteroatoms. The van der Waals surface area contributed by atoms with E-state index in [1.54, 1.807) is 7.11 Å². The third-order valence-electron chi connectivity index (χ3n) is 4.27. The zero-order valence-electron chi connectivity index (χ0n) is 12.8. The molecule has 3 atom stereocenters. The molecule has 1 aliphatic carbocycles. The Morgan fingerprint density at radius 2 is 1.95 bits per heavy atom. The van der Waals surface area contributed by atoms with Gasteiger partial charge in [0.1, 0.15) is 5.75 Å². The minimum Gasteiger partial charge on any atom is -0.497 e. The lowest BCUT2D eigenvalue weighted by Crippen LogP contribution is -2.47.